The maximum Gasteiger partial charge on any atom is 0.407 e. The second-order valence-electron chi connectivity index (χ2n) is 15.5. The summed E-state index contributed by atoms with van der Waals surface area (Å²) in [6.45, 7) is 11.0. The van der Waals surface area contributed by atoms with Gasteiger partial charge in [0.1, 0.15) is 23.9 Å². The van der Waals surface area contributed by atoms with E-state index in [9.17, 15) is 33.1 Å². The molecular formula is C36H53F2N5O7. The zero-order valence-corrected chi connectivity index (χ0v) is 29.8. The summed E-state index contributed by atoms with van der Waals surface area (Å²) < 4.78 is 40.4. The fourth-order valence-electron chi connectivity index (χ4n) is 7.86. The average molecular weight is 706 g/mol. The minimum absolute atomic E-state index is 0.00572. The van der Waals surface area contributed by atoms with Gasteiger partial charge in [-0.2, -0.15) is 0 Å². The van der Waals surface area contributed by atoms with Gasteiger partial charge >= 0.3 is 6.09 Å². The molecule has 6 atom stereocenters. The minimum Gasteiger partial charge on any atom is -0.493 e. The standard InChI is InChI=1S/C36H53F2N5O7/c1-6-49-25-17-24-18-42(28(20-41(24)19-25)32(45)39-27-13-16-50-29-10-8-7-9-26(27)29)33(46)30(23-11-14-36(37,38)15-12-23)40-31(44)22(2)43(34(47)48)21-35(3,4)5/h7-10,22-25,27-28,30H,6,11-21H2,1-5H3,(H,39,45)(H,40,44)(H,47,48)/t22-,24+,25+,27+,28-,30-/m0/s1. The SMILES string of the molecule is CCO[C@@H]1C[C@@H]2CN(C(=O)[C@@H](NC(=O)[C@H](C)N(CC(C)(C)C)C(=O)O)C3CCC(F)(F)CC3)[C@H](C(=O)N[C@@H]3CCOc4ccccc43)CN2C1. The predicted octanol–water partition coefficient (Wildman–Crippen LogP) is 4.04. The third kappa shape index (κ3) is 8.85. The molecule has 3 aliphatic heterocycles. The van der Waals surface area contributed by atoms with Gasteiger partial charge in [-0.1, -0.05) is 39.0 Å². The van der Waals surface area contributed by atoms with E-state index in [1.807, 2.05) is 52.0 Å². The van der Waals surface area contributed by atoms with Crippen LogP contribution in [0.3, 0.4) is 0 Å². The minimum atomic E-state index is -2.87. The lowest BCUT2D eigenvalue weighted by atomic mass is 9.81. The maximum absolute atomic E-state index is 14.8. The lowest BCUT2D eigenvalue weighted by Crippen LogP contribution is -2.67. The van der Waals surface area contributed by atoms with Crippen molar-refractivity contribution in [3.63, 3.8) is 0 Å². The van der Waals surface area contributed by atoms with Crippen LogP contribution in [0.2, 0.25) is 0 Å². The van der Waals surface area contributed by atoms with Crippen LogP contribution in [0.4, 0.5) is 13.6 Å². The van der Waals surface area contributed by atoms with Crippen LogP contribution >= 0.6 is 0 Å². The van der Waals surface area contributed by atoms with Crippen LogP contribution in [0.15, 0.2) is 24.3 Å². The Balaban J connectivity index is 1.43. The molecule has 4 amide bonds. The topological polar surface area (TPSA) is 141 Å². The summed E-state index contributed by atoms with van der Waals surface area (Å²) >= 11 is 0. The number of alkyl halides is 2. The first-order valence-corrected chi connectivity index (χ1v) is 17.9. The number of halogens is 2. The van der Waals surface area contributed by atoms with Crippen molar-refractivity contribution < 1.29 is 42.5 Å². The lowest BCUT2D eigenvalue weighted by Gasteiger charge is -2.45. The molecule has 1 aromatic carbocycles. The average Bonchev–Trinajstić information content (AvgIpc) is 3.46. The summed E-state index contributed by atoms with van der Waals surface area (Å²) in [6, 6.07) is 3.76. The monoisotopic (exact) mass is 705 g/mol. The van der Waals surface area contributed by atoms with E-state index >= 15 is 0 Å². The van der Waals surface area contributed by atoms with E-state index in [2.05, 4.69) is 15.5 Å². The number of nitrogens with one attached hydrogen (secondary N) is 2. The van der Waals surface area contributed by atoms with E-state index in [1.54, 1.807) is 0 Å². The zero-order valence-electron chi connectivity index (χ0n) is 29.8. The number of amides is 4. The third-order valence-electron chi connectivity index (χ3n) is 10.5. The number of fused-ring (bicyclic) bond motifs is 2. The molecular weight excluding hydrogens is 652 g/mol. The smallest absolute Gasteiger partial charge is 0.407 e. The van der Waals surface area contributed by atoms with Gasteiger partial charge in [0, 0.05) is 63.7 Å². The Labute approximate surface area is 293 Å². The second-order valence-corrected chi connectivity index (χ2v) is 15.5. The van der Waals surface area contributed by atoms with Gasteiger partial charge in [-0.3, -0.25) is 24.2 Å². The highest BCUT2D eigenvalue weighted by molar-refractivity contribution is 5.94. The third-order valence-corrected chi connectivity index (χ3v) is 10.5. The van der Waals surface area contributed by atoms with E-state index in [-0.39, 0.29) is 56.6 Å². The summed E-state index contributed by atoms with van der Waals surface area (Å²) in [5.41, 5.74) is 0.389. The Bertz CT molecular complexity index is 1400. The Morgan fingerprint density at radius 3 is 2.46 bits per heavy atom. The Hall–Kier alpha value is -3.52. The Morgan fingerprint density at radius 1 is 1.10 bits per heavy atom. The van der Waals surface area contributed by atoms with Crippen molar-refractivity contribution in [1.29, 1.82) is 0 Å². The lowest BCUT2D eigenvalue weighted by molar-refractivity contribution is -0.150. The molecule has 12 nitrogen and oxygen atoms in total. The summed E-state index contributed by atoms with van der Waals surface area (Å²) in [5, 5.41) is 15.9. The molecule has 3 fully saturated rings. The van der Waals surface area contributed by atoms with E-state index in [4.69, 9.17) is 9.47 Å². The van der Waals surface area contributed by atoms with Gasteiger partial charge in [0.15, 0.2) is 0 Å². The Morgan fingerprint density at radius 2 is 1.80 bits per heavy atom. The summed E-state index contributed by atoms with van der Waals surface area (Å²) in [7, 11) is 0. The van der Waals surface area contributed by atoms with Crippen LogP contribution < -0.4 is 15.4 Å². The van der Waals surface area contributed by atoms with E-state index in [1.165, 1.54) is 11.8 Å². The number of carbonyl (C=O) groups is 4. The summed E-state index contributed by atoms with van der Waals surface area (Å²) in [6.07, 6.45) is -1.02. The maximum atomic E-state index is 14.8. The molecule has 50 heavy (non-hydrogen) atoms. The number of hydrogen-bond acceptors (Lipinski definition) is 7. The first-order chi connectivity index (χ1) is 23.6. The van der Waals surface area contributed by atoms with Crippen LogP contribution in [0, 0.1) is 11.3 Å². The Kier molecular flexibility index (Phi) is 11.6. The largest absolute Gasteiger partial charge is 0.493 e. The van der Waals surface area contributed by atoms with Crippen molar-refractivity contribution in [2.45, 2.75) is 115 Å². The number of para-hydroxylation sites is 1. The number of carboxylic acid groups (broad SMARTS) is 1. The van der Waals surface area contributed by atoms with Crippen LogP contribution in [-0.2, 0) is 19.1 Å². The van der Waals surface area contributed by atoms with Gasteiger partial charge in [0.25, 0.3) is 0 Å². The van der Waals surface area contributed by atoms with Gasteiger partial charge in [0.2, 0.25) is 23.6 Å². The molecule has 0 spiro atoms. The number of benzene rings is 1. The molecule has 0 aromatic heterocycles. The van der Waals surface area contributed by atoms with Crippen LogP contribution in [0.5, 0.6) is 5.75 Å². The molecule has 4 aliphatic rings. The highest BCUT2D eigenvalue weighted by atomic mass is 19.3. The zero-order chi connectivity index (χ0) is 36.4. The molecule has 14 heteroatoms. The molecule has 0 bridgehead atoms. The molecule has 3 heterocycles. The normalized spacial score (nSPS) is 26.5. The van der Waals surface area contributed by atoms with E-state index < -0.39 is 66.1 Å². The predicted molar refractivity (Wildman–Crippen MR) is 181 cm³/mol. The van der Waals surface area contributed by atoms with Crippen molar-refractivity contribution in [3.05, 3.63) is 29.8 Å². The number of ether oxygens (including phenoxy) is 2. The van der Waals surface area contributed by atoms with Crippen molar-refractivity contribution in [1.82, 2.24) is 25.3 Å². The number of nitrogens with zero attached hydrogens (tertiary/aromatic N) is 3. The number of carbonyl (C=O) groups excluding carboxylic acids is 3. The molecule has 1 aliphatic carbocycles. The second kappa shape index (κ2) is 15.4. The highest BCUT2D eigenvalue weighted by Crippen LogP contribution is 2.39. The summed E-state index contributed by atoms with van der Waals surface area (Å²) in [4.78, 5) is 59.7. The van der Waals surface area contributed by atoms with Crippen molar-refractivity contribution in [2.75, 3.05) is 39.4 Å². The van der Waals surface area contributed by atoms with E-state index in [0.717, 1.165) is 10.5 Å². The molecule has 1 saturated carbocycles. The van der Waals surface area contributed by atoms with E-state index in [0.29, 0.717) is 38.3 Å². The number of rotatable bonds is 10. The quantitative estimate of drug-likeness (QED) is 0.332. The molecule has 1 aromatic rings. The van der Waals surface area contributed by atoms with Gasteiger partial charge in [-0.15, -0.1) is 0 Å². The first kappa shape index (κ1) is 37.7. The van der Waals surface area contributed by atoms with Gasteiger partial charge in [-0.25, -0.2) is 13.6 Å². The van der Waals surface area contributed by atoms with Crippen LogP contribution in [0.1, 0.15) is 84.7 Å². The molecule has 2 saturated heterocycles. The summed E-state index contributed by atoms with van der Waals surface area (Å²) in [5.74, 6) is -4.38. The molecule has 278 valence electrons. The molecule has 0 radical (unpaired) electrons. The van der Waals surface area contributed by atoms with Gasteiger partial charge in [-0.05, 0) is 50.5 Å². The van der Waals surface area contributed by atoms with Crippen molar-refractivity contribution in [3.8, 4) is 5.75 Å². The fraction of sp³-hybridized carbons (Fsp3) is 0.722. The molecule has 0 unspecified atom stereocenters. The van der Waals surface area contributed by atoms with Crippen molar-refractivity contribution >= 4 is 23.8 Å². The van der Waals surface area contributed by atoms with Crippen LogP contribution in [-0.4, -0.2) is 119 Å². The number of hydrogen-bond donors (Lipinski definition) is 3. The molecule has 5 rings (SSSR count). The van der Waals surface area contributed by atoms with Gasteiger partial charge in [0.05, 0.1) is 18.8 Å². The fourth-order valence-corrected chi connectivity index (χ4v) is 7.86. The highest BCUT2D eigenvalue weighted by Gasteiger charge is 2.49. The van der Waals surface area contributed by atoms with Crippen LogP contribution in [0.25, 0.3) is 0 Å². The van der Waals surface area contributed by atoms with Crippen molar-refractivity contribution in [2.24, 2.45) is 11.3 Å². The first-order valence-electron chi connectivity index (χ1n) is 17.9. The number of piperazine rings is 1. The van der Waals surface area contributed by atoms with Gasteiger partial charge < -0.3 is 30.1 Å². The molecule has 3 N–H and O–H groups in total.